The van der Waals surface area contributed by atoms with Crippen LogP contribution in [0.25, 0.3) is 0 Å². The average molecular weight is 437 g/mol. The molecule has 1 aliphatic heterocycles. The lowest BCUT2D eigenvalue weighted by molar-refractivity contribution is -0.127. The van der Waals surface area contributed by atoms with Crippen molar-refractivity contribution in [2.75, 3.05) is 19.6 Å². The normalized spacial score (nSPS) is 21.7. The molecule has 1 aromatic heterocycles. The van der Waals surface area contributed by atoms with E-state index in [9.17, 15) is 9.59 Å². The maximum Gasteiger partial charge on any atom is 0.239 e. The summed E-state index contributed by atoms with van der Waals surface area (Å²) in [6.45, 7) is 8.30. The number of benzene rings is 1. The Morgan fingerprint density at radius 1 is 0.844 bits per heavy atom. The van der Waals surface area contributed by atoms with Crippen LogP contribution in [-0.4, -0.2) is 53.0 Å². The topological polar surface area (TPSA) is 66.4 Å². The molecule has 0 atom stereocenters. The molecule has 0 radical (unpaired) electrons. The van der Waals surface area contributed by atoms with E-state index in [0.29, 0.717) is 18.5 Å². The molecule has 172 valence electrons. The molecule has 0 bridgehead atoms. The van der Waals surface area contributed by atoms with E-state index in [2.05, 4.69) is 46.1 Å². The fraction of sp³-hybridized carbons (Fsp3) is 0.538. The van der Waals surface area contributed by atoms with Crippen molar-refractivity contribution in [1.82, 2.24) is 20.1 Å². The molecule has 2 N–H and O–H groups in total. The fourth-order valence-electron chi connectivity index (χ4n) is 5.25. The number of aromatic nitrogens is 1. The SMILES string of the molecule is Cc1ccc(CC(=O)NCC(=O)NC2CN(C3CCC(n4c(C)ccc4C)CC3)C2)cc1. The van der Waals surface area contributed by atoms with Crippen LogP contribution in [0.2, 0.25) is 0 Å². The molecular weight excluding hydrogens is 400 g/mol. The quantitative estimate of drug-likeness (QED) is 0.701. The highest BCUT2D eigenvalue weighted by Gasteiger charge is 2.35. The summed E-state index contributed by atoms with van der Waals surface area (Å²) in [5.41, 5.74) is 4.86. The predicted octanol–water partition coefficient (Wildman–Crippen LogP) is 3.06. The van der Waals surface area contributed by atoms with Gasteiger partial charge in [-0.05, 0) is 64.2 Å². The highest BCUT2D eigenvalue weighted by molar-refractivity contribution is 5.85. The lowest BCUT2D eigenvalue weighted by atomic mass is 9.87. The van der Waals surface area contributed by atoms with Crippen LogP contribution in [0.3, 0.4) is 0 Å². The molecule has 6 nitrogen and oxygen atoms in total. The number of rotatable bonds is 7. The van der Waals surface area contributed by atoms with Gasteiger partial charge in [-0.15, -0.1) is 0 Å². The van der Waals surface area contributed by atoms with Crippen LogP contribution in [0, 0.1) is 20.8 Å². The second kappa shape index (κ2) is 9.90. The van der Waals surface area contributed by atoms with Gasteiger partial charge in [0.25, 0.3) is 0 Å². The Balaban J connectivity index is 1.12. The molecule has 1 saturated heterocycles. The maximum atomic E-state index is 12.2. The van der Waals surface area contributed by atoms with Crippen molar-refractivity contribution in [2.45, 2.75) is 71.0 Å². The Labute approximate surface area is 191 Å². The van der Waals surface area contributed by atoms with Crippen molar-refractivity contribution < 1.29 is 9.59 Å². The van der Waals surface area contributed by atoms with Gasteiger partial charge >= 0.3 is 0 Å². The Morgan fingerprint density at radius 3 is 2.06 bits per heavy atom. The molecule has 0 unspecified atom stereocenters. The van der Waals surface area contributed by atoms with Crippen molar-refractivity contribution in [3.63, 3.8) is 0 Å². The van der Waals surface area contributed by atoms with Gasteiger partial charge in [0, 0.05) is 36.6 Å². The number of likely N-dealkylation sites (tertiary alicyclic amines) is 1. The number of carbonyl (C=O) groups is 2. The third-order valence-corrected chi connectivity index (χ3v) is 7.08. The van der Waals surface area contributed by atoms with Crippen molar-refractivity contribution in [1.29, 1.82) is 0 Å². The molecule has 6 heteroatoms. The number of nitrogens with one attached hydrogen (secondary N) is 2. The number of carbonyl (C=O) groups excluding carboxylic acids is 2. The number of hydrogen-bond acceptors (Lipinski definition) is 3. The van der Waals surface area contributed by atoms with Gasteiger partial charge in [-0.1, -0.05) is 29.8 Å². The van der Waals surface area contributed by atoms with Crippen LogP contribution in [0.5, 0.6) is 0 Å². The average Bonchev–Trinajstić information content (AvgIpc) is 3.09. The molecule has 32 heavy (non-hydrogen) atoms. The molecule has 1 aromatic carbocycles. The van der Waals surface area contributed by atoms with Gasteiger partial charge in [-0.2, -0.15) is 0 Å². The minimum atomic E-state index is -0.121. The van der Waals surface area contributed by atoms with E-state index in [-0.39, 0.29) is 24.4 Å². The first-order valence-corrected chi connectivity index (χ1v) is 11.9. The van der Waals surface area contributed by atoms with Crippen molar-refractivity contribution >= 4 is 11.8 Å². The first-order valence-electron chi connectivity index (χ1n) is 11.9. The first kappa shape index (κ1) is 22.6. The lowest BCUT2D eigenvalue weighted by Gasteiger charge is -2.47. The molecular formula is C26H36N4O2. The Bertz CT molecular complexity index is 916. The highest BCUT2D eigenvalue weighted by atomic mass is 16.2. The predicted molar refractivity (Wildman–Crippen MR) is 127 cm³/mol. The molecule has 1 saturated carbocycles. The third-order valence-electron chi connectivity index (χ3n) is 7.08. The first-order chi connectivity index (χ1) is 15.4. The summed E-state index contributed by atoms with van der Waals surface area (Å²) in [4.78, 5) is 26.8. The van der Waals surface area contributed by atoms with E-state index in [1.807, 2.05) is 31.2 Å². The largest absolute Gasteiger partial charge is 0.349 e. The minimum absolute atomic E-state index is 0.0435. The molecule has 2 amide bonds. The maximum absolute atomic E-state index is 12.2. The van der Waals surface area contributed by atoms with Gasteiger partial charge in [0.2, 0.25) is 11.8 Å². The van der Waals surface area contributed by atoms with Gasteiger partial charge in [-0.25, -0.2) is 0 Å². The molecule has 4 rings (SSSR count). The molecule has 0 spiro atoms. The third kappa shape index (κ3) is 5.41. The summed E-state index contributed by atoms with van der Waals surface area (Å²) in [5, 5.41) is 5.79. The molecule has 1 aliphatic carbocycles. The summed E-state index contributed by atoms with van der Waals surface area (Å²) < 4.78 is 2.50. The highest BCUT2D eigenvalue weighted by Crippen LogP contribution is 2.34. The summed E-state index contributed by atoms with van der Waals surface area (Å²) in [6, 6.07) is 13.8. The summed E-state index contributed by atoms with van der Waals surface area (Å²) in [5.74, 6) is -0.224. The van der Waals surface area contributed by atoms with E-state index in [4.69, 9.17) is 0 Å². The second-order valence-electron chi connectivity index (χ2n) is 9.61. The zero-order chi connectivity index (χ0) is 22.7. The minimum Gasteiger partial charge on any atom is -0.349 e. The van der Waals surface area contributed by atoms with Crippen LogP contribution < -0.4 is 10.6 Å². The Hall–Kier alpha value is -2.60. The van der Waals surface area contributed by atoms with Crippen LogP contribution in [0.15, 0.2) is 36.4 Å². The Morgan fingerprint density at radius 2 is 1.44 bits per heavy atom. The number of nitrogens with zero attached hydrogens (tertiary/aromatic N) is 2. The summed E-state index contributed by atoms with van der Waals surface area (Å²) in [6.07, 6.45) is 5.19. The van der Waals surface area contributed by atoms with E-state index in [0.717, 1.165) is 18.7 Å². The standard InChI is InChI=1S/C26H36N4O2/c1-18-4-8-21(9-5-18)14-25(31)27-15-26(32)28-22-16-29(17-22)23-10-12-24(13-11-23)30-19(2)6-7-20(30)3/h4-9,22-24H,10-17H2,1-3H3,(H,27,31)(H,28,32). The number of aryl methyl sites for hydroxylation is 3. The zero-order valence-corrected chi connectivity index (χ0v) is 19.6. The van der Waals surface area contributed by atoms with Gasteiger partial charge < -0.3 is 15.2 Å². The van der Waals surface area contributed by atoms with Crippen molar-refractivity contribution in [3.8, 4) is 0 Å². The molecule has 2 fully saturated rings. The molecule has 2 aliphatic rings. The van der Waals surface area contributed by atoms with E-state index < -0.39 is 0 Å². The van der Waals surface area contributed by atoms with E-state index >= 15 is 0 Å². The number of hydrogen-bond donors (Lipinski definition) is 2. The van der Waals surface area contributed by atoms with Crippen LogP contribution in [0.1, 0.15) is 54.2 Å². The molecule has 2 heterocycles. The Kier molecular flexibility index (Phi) is 6.99. The van der Waals surface area contributed by atoms with Gasteiger partial charge in [0.1, 0.15) is 0 Å². The fourth-order valence-corrected chi connectivity index (χ4v) is 5.25. The van der Waals surface area contributed by atoms with Gasteiger partial charge in [0.15, 0.2) is 0 Å². The van der Waals surface area contributed by atoms with Gasteiger partial charge in [-0.3, -0.25) is 14.5 Å². The van der Waals surface area contributed by atoms with Crippen LogP contribution in [-0.2, 0) is 16.0 Å². The zero-order valence-electron chi connectivity index (χ0n) is 19.6. The summed E-state index contributed by atoms with van der Waals surface area (Å²) in [7, 11) is 0. The number of amides is 2. The second-order valence-corrected chi connectivity index (χ2v) is 9.61. The smallest absolute Gasteiger partial charge is 0.239 e. The van der Waals surface area contributed by atoms with E-state index in [1.54, 1.807) is 0 Å². The van der Waals surface area contributed by atoms with Crippen molar-refractivity contribution in [3.05, 3.63) is 58.9 Å². The van der Waals surface area contributed by atoms with Gasteiger partial charge in [0.05, 0.1) is 19.0 Å². The van der Waals surface area contributed by atoms with E-state index in [1.165, 1.54) is 42.6 Å². The van der Waals surface area contributed by atoms with Crippen molar-refractivity contribution in [2.24, 2.45) is 0 Å². The van der Waals surface area contributed by atoms with Crippen LogP contribution >= 0.6 is 0 Å². The lowest BCUT2D eigenvalue weighted by Crippen LogP contribution is -2.63. The summed E-state index contributed by atoms with van der Waals surface area (Å²) >= 11 is 0. The monoisotopic (exact) mass is 436 g/mol. The molecule has 2 aromatic rings. The van der Waals surface area contributed by atoms with Crippen LogP contribution in [0.4, 0.5) is 0 Å².